The van der Waals surface area contributed by atoms with Gasteiger partial charge in [0.25, 0.3) is 0 Å². The minimum Gasteiger partial charge on any atom is -0.265 e. The molecule has 0 N–H and O–H groups in total. The standard InChI is InChI=1S/C8H10N2/c1-2-4-8-7(3-1)5-9-6-10-8/h2,4-8H,1,3H2. The Morgan fingerprint density at radius 1 is 1.40 bits per heavy atom. The van der Waals surface area contributed by atoms with Crippen LogP contribution in [-0.4, -0.2) is 18.6 Å². The van der Waals surface area contributed by atoms with Crippen molar-refractivity contribution < 1.29 is 0 Å². The van der Waals surface area contributed by atoms with Crippen molar-refractivity contribution in [2.45, 2.75) is 18.9 Å². The van der Waals surface area contributed by atoms with Crippen LogP contribution in [0, 0.1) is 5.92 Å². The van der Waals surface area contributed by atoms with Gasteiger partial charge in [-0.15, -0.1) is 0 Å². The van der Waals surface area contributed by atoms with Crippen molar-refractivity contribution in [2.75, 3.05) is 0 Å². The molecule has 2 heteroatoms. The van der Waals surface area contributed by atoms with Crippen molar-refractivity contribution >= 4 is 12.6 Å². The van der Waals surface area contributed by atoms with Gasteiger partial charge in [0.15, 0.2) is 0 Å². The molecule has 0 bridgehead atoms. The van der Waals surface area contributed by atoms with Crippen LogP contribution in [0.25, 0.3) is 0 Å². The van der Waals surface area contributed by atoms with Crippen molar-refractivity contribution in [3.8, 4) is 0 Å². The van der Waals surface area contributed by atoms with E-state index in [0.29, 0.717) is 12.0 Å². The van der Waals surface area contributed by atoms with Crippen molar-refractivity contribution in [3.63, 3.8) is 0 Å². The molecule has 0 amide bonds. The van der Waals surface area contributed by atoms with Crippen LogP contribution >= 0.6 is 0 Å². The third-order valence-electron chi connectivity index (χ3n) is 2.02. The third kappa shape index (κ3) is 0.897. The van der Waals surface area contributed by atoms with E-state index in [0.717, 1.165) is 0 Å². The Hall–Kier alpha value is -0.920. The molecular weight excluding hydrogens is 124 g/mol. The number of hydrogen-bond acceptors (Lipinski definition) is 2. The van der Waals surface area contributed by atoms with Gasteiger partial charge >= 0.3 is 0 Å². The van der Waals surface area contributed by atoms with Crippen molar-refractivity contribution in [3.05, 3.63) is 12.2 Å². The lowest BCUT2D eigenvalue weighted by atomic mass is 9.90. The molecule has 0 aromatic heterocycles. The van der Waals surface area contributed by atoms with Gasteiger partial charge in [-0.25, -0.2) is 4.99 Å². The van der Waals surface area contributed by atoms with Gasteiger partial charge in [-0.05, 0) is 12.8 Å². The first-order valence-electron chi connectivity index (χ1n) is 3.68. The molecule has 2 aliphatic rings. The number of fused-ring (bicyclic) bond motifs is 1. The summed E-state index contributed by atoms with van der Waals surface area (Å²) >= 11 is 0. The van der Waals surface area contributed by atoms with Gasteiger partial charge < -0.3 is 0 Å². The molecular formula is C8H10N2. The fourth-order valence-electron chi connectivity index (χ4n) is 1.43. The molecule has 2 rings (SSSR count). The van der Waals surface area contributed by atoms with E-state index in [-0.39, 0.29) is 0 Å². The van der Waals surface area contributed by atoms with Crippen molar-refractivity contribution in [1.82, 2.24) is 0 Å². The highest BCUT2D eigenvalue weighted by atomic mass is 14.9. The second-order valence-electron chi connectivity index (χ2n) is 2.72. The summed E-state index contributed by atoms with van der Waals surface area (Å²) in [4.78, 5) is 8.25. The van der Waals surface area contributed by atoms with Gasteiger partial charge in [-0.3, -0.25) is 4.99 Å². The molecule has 0 fully saturated rings. The summed E-state index contributed by atoms with van der Waals surface area (Å²) in [6.45, 7) is 0. The SMILES string of the molecule is C1=CC2N=CN=CC2CC1. The lowest BCUT2D eigenvalue weighted by molar-refractivity contribution is 0.552. The second kappa shape index (κ2) is 2.37. The van der Waals surface area contributed by atoms with E-state index in [1.807, 2.05) is 6.21 Å². The molecule has 2 atom stereocenters. The molecule has 0 saturated heterocycles. The zero-order valence-corrected chi connectivity index (χ0v) is 5.77. The first kappa shape index (κ1) is 5.83. The minimum atomic E-state index is 0.395. The van der Waals surface area contributed by atoms with Crippen LogP contribution in [0.5, 0.6) is 0 Å². The van der Waals surface area contributed by atoms with Gasteiger partial charge in [0.2, 0.25) is 0 Å². The molecule has 0 spiro atoms. The number of rotatable bonds is 0. The van der Waals surface area contributed by atoms with Gasteiger partial charge in [0.1, 0.15) is 6.34 Å². The van der Waals surface area contributed by atoms with Crippen LogP contribution in [0.3, 0.4) is 0 Å². The highest BCUT2D eigenvalue weighted by molar-refractivity contribution is 5.77. The highest BCUT2D eigenvalue weighted by Crippen LogP contribution is 2.21. The smallest absolute Gasteiger partial charge is 0.110 e. The number of nitrogens with zero attached hydrogens (tertiary/aromatic N) is 2. The van der Waals surface area contributed by atoms with Gasteiger partial charge in [0, 0.05) is 12.1 Å². The zero-order valence-electron chi connectivity index (χ0n) is 5.77. The molecule has 52 valence electrons. The molecule has 2 unspecified atom stereocenters. The van der Waals surface area contributed by atoms with E-state index in [9.17, 15) is 0 Å². The van der Waals surface area contributed by atoms with Gasteiger partial charge in [-0.1, -0.05) is 12.2 Å². The van der Waals surface area contributed by atoms with E-state index < -0.39 is 0 Å². The largest absolute Gasteiger partial charge is 0.265 e. The van der Waals surface area contributed by atoms with Crippen LogP contribution in [0.4, 0.5) is 0 Å². The Balaban J connectivity index is 2.21. The van der Waals surface area contributed by atoms with Crippen LogP contribution in [0.2, 0.25) is 0 Å². The summed E-state index contributed by atoms with van der Waals surface area (Å²) in [5.41, 5.74) is 0. The molecule has 0 aromatic carbocycles. The van der Waals surface area contributed by atoms with Crippen LogP contribution in [0.15, 0.2) is 22.1 Å². The molecule has 1 heterocycles. The van der Waals surface area contributed by atoms with Gasteiger partial charge in [-0.2, -0.15) is 0 Å². The van der Waals surface area contributed by atoms with E-state index >= 15 is 0 Å². The van der Waals surface area contributed by atoms with Crippen LogP contribution in [-0.2, 0) is 0 Å². The zero-order chi connectivity index (χ0) is 6.81. The normalized spacial score (nSPS) is 36.0. The Labute approximate surface area is 60.4 Å². The number of allylic oxidation sites excluding steroid dienone is 1. The summed E-state index contributed by atoms with van der Waals surface area (Å²) in [6.07, 6.45) is 10.4. The lowest BCUT2D eigenvalue weighted by Gasteiger charge is -2.22. The average molecular weight is 134 g/mol. The molecule has 0 aromatic rings. The fourth-order valence-corrected chi connectivity index (χ4v) is 1.43. The summed E-state index contributed by atoms with van der Waals surface area (Å²) in [5, 5.41) is 0. The Kier molecular flexibility index (Phi) is 1.38. The van der Waals surface area contributed by atoms with E-state index in [2.05, 4.69) is 22.1 Å². The summed E-state index contributed by atoms with van der Waals surface area (Å²) in [5.74, 6) is 0.579. The monoisotopic (exact) mass is 134 g/mol. The van der Waals surface area contributed by atoms with E-state index in [4.69, 9.17) is 0 Å². The highest BCUT2D eigenvalue weighted by Gasteiger charge is 2.19. The first-order chi connectivity index (χ1) is 4.97. The predicted octanol–water partition coefficient (Wildman–Crippen LogP) is 1.43. The maximum absolute atomic E-state index is 4.24. The maximum Gasteiger partial charge on any atom is 0.110 e. The third-order valence-corrected chi connectivity index (χ3v) is 2.02. The molecule has 0 radical (unpaired) electrons. The quantitative estimate of drug-likeness (QED) is 0.448. The van der Waals surface area contributed by atoms with Crippen molar-refractivity contribution in [2.24, 2.45) is 15.9 Å². The molecule has 0 saturated carbocycles. The number of aliphatic imine (C=N–C) groups is 2. The van der Waals surface area contributed by atoms with E-state index in [1.165, 1.54) is 12.8 Å². The van der Waals surface area contributed by atoms with Crippen LogP contribution < -0.4 is 0 Å². The minimum absolute atomic E-state index is 0.395. The summed E-state index contributed by atoms with van der Waals surface area (Å²) in [6, 6.07) is 0.395. The Morgan fingerprint density at radius 3 is 3.30 bits per heavy atom. The summed E-state index contributed by atoms with van der Waals surface area (Å²) in [7, 11) is 0. The average Bonchev–Trinajstić information content (AvgIpc) is 2.05. The molecule has 2 nitrogen and oxygen atoms in total. The topological polar surface area (TPSA) is 24.7 Å². The lowest BCUT2D eigenvalue weighted by Crippen LogP contribution is -2.23. The Bertz CT molecular complexity index is 203. The second-order valence-corrected chi connectivity index (χ2v) is 2.72. The first-order valence-corrected chi connectivity index (χ1v) is 3.68. The molecule has 1 aliphatic carbocycles. The van der Waals surface area contributed by atoms with E-state index in [1.54, 1.807) is 6.34 Å². The van der Waals surface area contributed by atoms with Gasteiger partial charge in [0.05, 0.1) is 6.04 Å². The van der Waals surface area contributed by atoms with Crippen LogP contribution in [0.1, 0.15) is 12.8 Å². The van der Waals surface area contributed by atoms with Crippen molar-refractivity contribution in [1.29, 1.82) is 0 Å². The maximum atomic E-state index is 4.24. The fraction of sp³-hybridized carbons (Fsp3) is 0.500. The molecule has 10 heavy (non-hydrogen) atoms. The molecule has 1 aliphatic heterocycles. The predicted molar refractivity (Wildman–Crippen MR) is 42.6 cm³/mol. The Morgan fingerprint density at radius 2 is 2.40 bits per heavy atom. The summed E-state index contributed by atoms with van der Waals surface area (Å²) < 4.78 is 0. The number of hydrogen-bond donors (Lipinski definition) is 0.